The van der Waals surface area contributed by atoms with Crippen molar-refractivity contribution in [2.75, 3.05) is 11.3 Å². The van der Waals surface area contributed by atoms with Crippen molar-refractivity contribution >= 4 is 16.0 Å². The van der Waals surface area contributed by atoms with Crippen molar-refractivity contribution in [2.45, 2.75) is 13.3 Å². The van der Waals surface area contributed by atoms with Crippen LogP contribution in [-0.2, 0) is 10.2 Å². The van der Waals surface area contributed by atoms with Gasteiger partial charge in [0, 0.05) is 18.3 Å². The Morgan fingerprint density at radius 1 is 1.20 bits per heavy atom. The van der Waals surface area contributed by atoms with E-state index in [0.717, 1.165) is 12.0 Å². The van der Waals surface area contributed by atoms with Gasteiger partial charge < -0.3 is 0 Å². The van der Waals surface area contributed by atoms with Gasteiger partial charge in [-0.3, -0.25) is 4.72 Å². The summed E-state index contributed by atoms with van der Waals surface area (Å²) in [6.45, 7) is 2.27. The average molecular weight is 292 g/mol. The molecular weight excluding hydrogens is 276 g/mol. The van der Waals surface area contributed by atoms with E-state index in [1.165, 1.54) is 6.33 Å². The summed E-state index contributed by atoms with van der Waals surface area (Å²) >= 11 is 0. The van der Waals surface area contributed by atoms with Gasteiger partial charge in [-0.2, -0.15) is 13.1 Å². The highest BCUT2D eigenvalue weighted by atomic mass is 32.2. The van der Waals surface area contributed by atoms with Crippen molar-refractivity contribution in [1.29, 1.82) is 0 Å². The molecule has 0 radical (unpaired) electrons. The zero-order chi connectivity index (χ0) is 14.4. The van der Waals surface area contributed by atoms with Gasteiger partial charge in [-0.1, -0.05) is 37.3 Å². The molecule has 0 fully saturated rings. The van der Waals surface area contributed by atoms with Gasteiger partial charge in [0.2, 0.25) is 0 Å². The number of nitrogens with zero attached hydrogens (tertiary/aromatic N) is 2. The monoisotopic (exact) mass is 292 g/mol. The third-order valence-corrected chi connectivity index (χ3v) is 3.62. The van der Waals surface area contributed by atoms with E-state index in [-0.39, 0.29) is 5.82 Å². The van der Waals surface area contributed by atoms with Crippen molar-refractivity contribution in [3.05, 3.63) is 42.9 Å². The number of rotatable bonds is 6. The molecule has 0 aliphatic heterocycles. The molecule has 0 saturated heterocycles. The predicted octanol–water partition coefficient (Wildman–Crippen LogP) is 1.80. The van der Waals surface area contributed by atoms with Crippen LogP contribution in [0.3, 0.4) is 0 Å². The average Bonchev–Trinajstić information content (AvgIpc) is 2.46. The second kappa shape index (κ2) is 6.44. The summed E-state index contributed by atoms with van der Waals surface area (Å²) in [5.41, 5.74) is 1.48. The quantitative estimate of drug-likeness (QED) is 0.850. The molecule has 6 nitrogen and oxygen atoms in total. The summed E-state index contributed by atoms with van der Waals surface area (Å²) in [5.74, 6) is 0.259. The third-order valence-electron chi connectivity index (χ3n) is 2.57. The Morgan fingerprint density at radius 2 is 1.95 bits per heavy atom. The van der Waals surface area contributed by atoms with Crippen LogP contribution in [0.1, 0.15) is 13.3 Å². The Labute approximate surface area is 118 Å². The van der Waals surface area contributed by atoms with E-state index in [1.807, 2.05) is 37.3 Å². The van der Waals surface area contributed by atoms with E-state index >= 15 is 0 Å². The first-order valence-corrected chi connectivity index (χ1v) is 7.73. The lowest BCUT2D eigenvalue weighted by Crippen LogP contribution is -2.31. The van der Waals surface area contributed by atoms with Crippen molar-refractivity contribution in [2.24, 2.45) is 0 Å². The molecule has 1 aromatic heterocycles. The van der Waals surface area contributed by atoms with Gasteiger partial charge in [0.1, 0.15) is 6.33 Å². The van der Waals surface area contributed by atoms with E-state index in [2.05, 4.69) is 19.4 Å². The molecule has 2 aromatic rings. The van der Waals surface area contributed by atoms with Gasteiger partial charge >= 0.3 is 0 Å². The fourth-order valence-corrected chi connectivity index (χ4v) is 2.60. The van der Waals surface area contributed by atoms with Gasteiger partial charge in [0.05, 0.1) is 0 Å². The van der Waals surface area contributed by atoms with Crippen LogP contribution in [0.2, 0.25) is 0 Å². The number of hydrogen-bond donors (Lipinski definition) is 2. The molecular formula is C13H16N4O2S. The number of hydrogen-bond acceptors (Lipinski definition) is 4. The van der Waals surface area contributed by atoms with Gasteiger partial charge in [0.15, 0.2) is 5.82 Å². The molecule has 0 aliphatic carbocycles. The summed E-state index contributed by atoms with van der Waals surface area (Å²) in [6, 6.07) is 9.37. The maximum absolute atomic E-state index is 11.9. The summed E-state index contributed by atoms with van der Waals surface area (Å²) in [5, 5.41) is 0. The molecule has 106 valence electrons. The van der Waals surface area contributed by atoms with Crippen LogP contribution in [-0.4, -0.2) is 24.9 Å². The Kier molecular flexibility index (Phi) is 4.65. The van der Waals surface area contributed by atoms with Crippen LogP contribution in [0.4, 0.5) is 5.82 Å². The summed E-state index contributed by atoms with van der Waals surface area (Å²) < 4.78 is 28.6. The smallest absolute Gasteiger partial charge is 0.254 e. The van der Waals surface area contributed by atoms with Crippen LogP contribution < -0.4 is 9.44 Å². The molecule has 0 bridgehead atoms. The van der Waals surface area contributed by atoms with Crippen LogP contribution in [0.15, 0.2) is 42.9 Å². The van der Waals surface area contributed by atoms with Crippen molar-refractivity contribution in [3.8, 4) is 11.1 Å². The van der Waals surface area contributed by atoms with Crippen LogP contribution >= 0.6 is 0 Å². The first-order valence-electron chi connectivity index (χ1n) is 6.25. The minimum Gasteiger partial charge on any atom is -0.254 e. The van der Waals surface area contributed by atoms with Gasteiger partial charge in [-0.25, -0.2) is 9.97 Å². The Hall–Kier alpha value is -1.99. The summed E-state index contributed by atoms with van der Waals surface area (Å²) in [6.07, 6.45) is 3.61. The van der Waals surface area contributed by atoms with E-state index < -0.39 is 10.2 Å². The van der Waals surface area contributed by atoms with E-state index in [9.17, 15) is 8.42 Å². The maximum atomic E-state index is 11.9. The lowest BCUT2D eigenvalue weighted by Gasteiger charge is -2.11. The summed E-state index contributed by atoms with van der Waals surface area (Å²) in [7, 11) is -3.62. The SMILES string of the molecule is CCCNS(=O)(=O)Nc1ncncc1-c1ccccc1. The van der Waals surface area contributed by atoms with Crippen molar-refractivity contribution in [3.63, 3.8) is 0 Å². The lowest BCUT2D eigenvalue weighted by atomic mass is 10.1. The second-order valence-electron chi connectivity index (χ2n) is 4.15. The van der Waals surface area contributed by atoms with E-state index in [0.29, 0.717) is 12.1 Å². The normalized spacial score (nSPS) is 11.2. The minimum atomic E-state index is -3.62. The van der Waals surface area contributed by atoms with Crippen LogP contribution in [0.25, 0.3) is 11.1 Å². The Bertz CT molecular complexity index is 659. The highest BCUT2D eigenvalue weighted by molar-refractivity contribution is 7.90. The number of aromatic nitrogens is 2. The summed E-state index contributed by atoms with van der Waals surface area (Å²) in [4.78, 5) is 7.95. The molecule has 0 aliphatic rings. The highest BCUT2D eigenvalue weighted by Gasteiger charge is 2.13. The molecule has 0 amide bonds. The Morgan fingerprint density at radius 3 is 2.65 bits per heavy atom. The van der Waals surface area contributed by atoms with Gasteiger partial charge in [-0.05, 0) is 12.0 Å². The fourth-order valence-electron chi connectivity index (χ4n) is 1.64. The van der Waals surface area contributed by atoms with Gasteiger partial charge in [-0.15, -0.1) is 0 Å². The first-order chi connectivity index (χ1) is 9.62. The number of nitrogens with one attached hydrogen (secondary N) is 2. The molecule has 0 atom stereocenters. The molecule has 1 heterocycles. The van der Waals surface area contributed by atoms with E-state index in [1.54, 1.807) is 6.20 Å². The molecule has 0 unspecified atom stereocenters. The van der Waals surface area contributed by atoms with Crippen molar-refractivity contribution in [1.82, 2.24) is 14.7 Å². The van der Waals surface area contributed by atoms with Crippen LogP contribution in [0, 0.1) is 0 Å². The maximum Gasteiger partial charge on any atom is 0.300 e. The molecule has 2 N–H and O–H groups in total. The molecule has 1 aromatic carbocycles. The highest BCUT2D eigenvalue weighted by Crippen LogP contribution is 2.25. The zero-order valence-electron chi connectivity index (χ0n) is 11.1. The molecule has 2 rings (SSSR count). The predicted molar refractivity (Wildman–Crippen MR) is 78.3 cm³/mol. The first kappa shape index (κ1) is 14.4. The lowest BCUT2D eigenvalue weighted by molar-refractivity contribution is 0.586. The molecule has 7 heteroatoms. The molecule has 0 spiro atoms. The largest absolute Gasteiger partial charge is 0.300 e. The Balaban J connectivity index is 2.30. The number of anilines is 1. The topological polar surface area (TPSA) is 84.0 Å². The molecule has 20 heavy (non-hydrogen) atoms. The van der Waals surface area contributed by atoms with Crippen molar-refractivity contribution < 1.29 is 8.42 Å². The minimum absolute atomic E-state index is 0.259. The zero-order valence-corrected chi connectivity index (χ0v) is 11.9. The standard InChI is InChI=1S/C13H16N4O2S/c1-2-8-16-20(18,19)17-13-12(9-14-10-15-13)11-6-4-3-5-7-11/h3-7,9-10,16H,2,8H2,1H3,(H,14,15,17). The van der Waals surface area contributed by atoms with Crippen LogP contribution in [0.5, 0.6) is 0 Å². The second-order valence-corrected chi connectivity index (χ2v) is 5.65. The number of benzene rings is 1. The van der Waals surface area contributed by atoms with E-state index in [4.69, 9.17) is 0 Å². The third kappa shape index (κ3) is 3.75. The van der Waals surface area contributed by atoms with Gasteiger partial charge in [0.25, 0.3) is 10.2 Å². The fraction of sp³-hybridized carbons (Fsp3) is 0.231. The molecule has 0 saturated carbocycles.